The zero-order valence-corrected chi connectivity index (χ0v) is 26.5. The lowest BCUT2D eigenvalue weighted by molar-refractivity contribution is -0.123. The number of alkyl halides is 6. The highest BCUT2D eigenvalue weighted by molar-refractivity contribution is 5.99. The van der Waals surface area contributed by atoms with E-state index in [1.165, 1.54) is 6.20 Å². The number of amides is 2. The summed E-state index contributed by atoms with van der Waals surface area (Å²) in [4.78, 5) is 30.7. The van der Waals surface area contributed by atoms with Gasteiger partial charge in [-0.2, -0.15) is 13.9 Å². The number of benzene rings is 2. The summed E-state index contributed by atoms with van der Waals surface area (Å²) in [6.07, 6.45) is -3.39. The molecule has 1 aliphatic heterocycles. The van der Waals surface area contributed by atoms with Gasteiger partial charge >= 0.3 is 0 Å². The second kappa shape index (κ2) is 12.8. The summed E-state index contributed by atoms with van der Waals surface area (Å²) >= 11 is 0. The maximum atomic E-state index is 15.0. The number of pyridine rings is 1. The molecule has 15 heteroatoms. The Morgan fingerprint density at radius 2 is 1.71 bits per heavy atom. The Morgan fingerprint density at radius 1 is 0.980 bits per heavy atom. The van der Waals surface area contributed by atoms with Gasteiger partial charge in [0.1, 0.15) is 29.6 Å². The van der Waals surface area contributed by atoms with E-state index >= 15 is 8.78 Å². The van der Waals surface area contributed by atoms with Crippen molar-refractivity contribution in [3.63, 3.8) is 0 Å². The summed E-state index contributed by atoms with van der Waals surface area (Å²) in [5, 5.41) is 8.64. The molecule has 2 amide bonds. The van der Waals surface area contributed by atoms with Gasteiger partial charge in [-0.1, -0.05) is 24.0 Å². The largest absolute Gasteiger partial charge is 0.348 e. The standard InChI is InChI=1S/C36H27F8N5O2/c37-23-9-20(10-24(38)14-23)12-27(47-28(50)17-49-32-29(31(48-49)33(39)40)35(41,42)7-8-36(32,43)44)30-25(11-19(15-45-30)4-3-18-1-2-18)21-5-6-22-16-46-34(51)26(22)13-21/h5-6,9-11,13-15,18,27,33H,1-2,7-8,12,16-17H2,(H,46,51)(H,47,50). The molecule has 4 aromatic rings. The van der Waals surface area contributed by atoms with Gasteiger partial charge in [0, 0.05) is 54.3 Å². The third kappa shape index (κ3) is 6.91. The van der Waals surface area contributed by atoms with Gasteiger partial charge in [-0.3, -0.25) is 19.3 Å². The van der Waals surface area contributed by atoms with Gasteiger partial charge in [0.25, 0.3) is 24.2 Å². The maximum absolute atomic E-state index is 15.0. The first-order valence-corrected chi connectivity index (χ1v) is 16.0. The zero-order chi connectivity index (χ0) is 36.2. The Balaban J connectivity index is 1.31. The lowest BCUT2D eigenvalue weighted by Crippen LogP contribution is -2.37. The number of rotatable bonds is 8. The Kier molecular flexibility index (Phi) is 8.59. The molecule has 1 unspecified atom stereocenters. The second-order valence-corrected chi connectivity index (χ2v) is 12.8. The molecule has 1 atom stereocenters. The molecule has 2 aromatic carbocycles. The van der Waals surface area contributed by atoms with E-state index in [-0.39, 0.29) is 34.2 Å². The first kappa shape index (κ1) is 34.2. The van der Waals surface area contributed by atoms with E-state index in [1.54, 1.807) is 24.3 Å². The molecule has 3 heterocycles. The van der Waals surface area contributed by atoms with Crippen LogP contribution in [0.2, 0.25) is 0 Å². The van der Waals surface area contributed by atoms with Crippen LogP contribution >= 0.6 is 0 Å². The molecular weight excluding hydrogens is 686 g/mol. The minimum Gasteiger partial charge on any atom is -0.348 e. The summed E-state index contributed by atoms with van der Waals surface area (Å²) in [6, 6.07) is 8.12. The number of fused-ring (bicyclic) bond motifs is 2. The molecule has 7 rings (SSSR count). The van der Waals surface area contributed by atoms with Crippen LogP contribution in [0.25, 0.3) is 11.1 Å². The van der Waals surface area contributed by atoms with Crippen LogP contribution in [0.3, 0.4) is 0 Å². The molecule has 264 valence electrons. The zero-order valence-electron chi connectivity index (χ0n) is 26.5. The van der Waals surface area contributed by atoms with E-state index in [9.17, 15) is 35.9 Å². The molecule has 0 spiro atoms. The molecule has 2 aromatic heterocycles. The van der Waals surface area contributed by atoms with Crippen LogP contribution in [0.5, 0.6) is 0 Å². The molecule has 7 nitrogen and oxygen atoms in total. The van der Waals surface area contributed by atoms with Crippen LogP contribution in [0.1, 0.15) is 87.8 Å². The van der Waals surface area contributed by atoms with Gasteiger partial charge < -0.3 is 10.6 Å². The average Bonchev–Trinajstić information content (AvgIpc) is 3.70. The first-order chi connectivity index (χ1) is 24.2. The molecule has 0 bridgehead atoms. The van der Waals surface area contributed by atoms with Crippen molar-refractivity contribution in [1.29, 1.82) is 0 Å². The fourth-order valence-corrected chi connectivity index (χ4v) is 6.44. The van der Waals surface area contributed by atoms with E-state index < -0.39 is 78.2 Å². The summed E-state index contributed by atoms with van der Waals surface area (Å²) < 4.78 is 116. The minimum absolute atomic E-state index is 0.0547. The molecule has 1 fully saturated rings. The Labute approximate surface area is 285 Å². The van der Waals surface area contributed by atoms with Crippen molar-refractivity contribution in [3.05, 3.63) is 105 Å². The van der Waals surface area contributed by atoms with Gasteiger partial charge in [0.15, 0.2) is 0 Å². The van der Waals surface area contributed by atoms with Crippen LogP contribution in [0.4, 0.5) is 35.1 Å². The SMILES string of the molecule is O=C(Cn1nc(C(F)F)c2c1C(F)(F)CCC2(F)F)NC(Cc1cc(F)cc(F)c1)c1ncc(C#CC2CC2)cc1-c1ccc2c(c1)C(=O)NC2. The monoisotopic (exact) mass is 713 g/mol. The first-order valence-electron chi connectivity index (χ1n) is 16.0. The van der Waals surface area contributed by atoms with Crippen LogP contribution in [0.15, 0.2) is 48.7 Å². The van der Waals surface area contributed by atoms with Crippen molar-refractivity contribution in [2.75, 3.05) is 0 Å². The summed E-state index contributed by atoms with van der Waals surface area (Å²) in [7, 11) is 0. The van der Waals surface area contributed by atoms with E-state index in [1.807, 2.05) is 0 Å². The fraction of sp³-hybridized carbons (Fsp3) is 0.333. The Hall–Kier alpha value is -5.26. The van der Waals surface area contributed by atoms with Crippen LogP contribution in [0, 0.1) is 29.4 Å². The molecule has 2 aliphatic carbocycles. The molecule has 0 radical (unpaired) electrons. The fourth-order valence-electron chi connectivity index (χ4n) is 6.44. The summed E-state index contributed by atoms with van der Waals surface area (Å²) in [5.74, 6) is -4.92. The highest BCUT2D eigenvalue weighted by Gasteiger charge is 2.55. The summed E-state index contributed by atoms with van der Waals surface area (Å²) in [5.41, 5.74) is -2.03. The van der Waals surface area contributed by atoms with Crippen molar-refractivity contribution < 1.29 is 44.7 Å². The number of hydrogen-bond donors (Lipinski definition) is 2. The van der Waals surface area contributed by atoms with E-state index in [2.05, 4.69) is 32.6 Å². The van der Waals surface area contributed by atoms with E-state index in [4.69, 9.17) is 0 Å². The van der Waals surface area contributed by atoms with Gasteiger partial charge in [0.2, 0.25) is 5.91 Å². The highest BCUT2D eigenvalue weighted by atomic mass is 19.3. The molecule has 3 aliphatic rings. The van der Waals surface area contributed by atoms with Gasteiger partial charge in [0.05, 0.1) is 17.3 Å². The Bertz CT molecular complexity index is 2110. The Morgan fingerprint density at radius 3 is 2.41 bits per heavy atom. The third-order valence-electron chi connectivity index (χ3n) is 8.99. The number of carbonyl (C=O) groups is 2. The minimum atomic E-state index is -4.04. The molecule has 0 saturated heterocycles. The number of aromatic nitrogens is 3. The van der Waals surface area contributed by atoms with Gasteiger partial charge in [-0.05, 0) is 60.2 Å². The van der Waals surface area contributed by atoms with Crippen LogP contribution in [-0.2, 0) is 36.1 Å². The number of halogens is 8. The third-order valence-corrected chi connectivity index (χ3v) is 8.99. The molecule has 2 N–H and O–H groups in total. The topological polar surface area (TPSA) is 88.9 Å². The van der Waals surface area contributed by atoms with Crippen LogP contribution in [-0.4, -0.2) is 26.6 Å². The van der Waals surface area contributed by atoms with Crippen molar-refractivity contribution in [2.45, 2.75) is 69.5 Å². The predicted molar refractivity (Wildman–Crippen MR) is 166 cm³/mol. The maximum Gasteiger partial charge on any atom is 0.290 e. The lowest BCUT2D eigenvalue weighted by Gasteiger charge is -2.29. The quantitative estimate of drug-likeness (QED) is 0.149. The van der Waals surface area contributed by atoms with Crippen molar-refractivity contribution in [2.24, 2.45) is 5.92 Å². The molecular formula is C36H27F8N5O2. The lowest BCUT2D eigenvalue weighted by atomic mass is 9.89. The van der Waals surface area contributed by atoms with Gasteiger partial charge in [-0.15, -0.1) is 0 Å². The number of hydrogen-bond acceptors (Lipinski definition) is 4. The van der Waals surface area contributed by atoms with Crippen molar-refractivity contribution >= 4 is 11.8 Å². The number of nitrogens with one attached hydrogen (secondary N) is 2. The average molecular weight is 714 g/mol. The second-order valence-electron chi connectivity index (χ2n) is 12.8. The molecule has 51 heavy (non-hydrogen) atoms. The van der Waals surface area contributed by atoms with Gasteiger partial charge in [-0.25, -0.2) is 26.3 Å². The highest BCUT2D eigenvalue weighted by Crippen LogP contribution is 2.52. The normalized spacial score (nSPS) is 17.6. The van der Waals surface area contributed by atoms with Crippen molar-refractivity contribution in [3.8, 4) is 23.0 Å². The smallest absolute Gasteiger partial charge is 0.290 e. The molecule has 1 saturated carbocycles. The number of carbonyl (C=O) groups excluding carboxylic acids is 2. The number of nitrogens with zero attached hydrogens (tertiary/aromatic N) is 3. The predicted octanol–water partition coefficient (Wildman–Crippen LogP) is 7.24. The van der Waals surface area contributed by atoms with Crippen molar-refractivity contribution in [1.82, 2.24) is 25.4 Å². The van der Waals surface area contributed by atoms with Crippen LogP contribution < -0.4 is 10.6 Å². The summed E-state index contributed by atoms with van der Waals surface area (Å²) in [6.45, 7) is -0.861. The van der Waals surface area contributed by atoms with E-state index in [0.29, 0.717) is 34.9 Å². The van der Waals surface area contributed by atoms with E-state index in [0.717, 1.165) is 30.5 Å².